The zero-order valence-electron chi connectivity index (χ0n) is 18.9. The largest absolute Gasteiger partial charge is 0.493 e. The average molecular weight is 413 g/mol. The van der Waals surface area contributed by atoms with Gasteiger partial charge >= 0.3 is 0 Å². The first-order valence-corrected chi connectivity index (χ1v) is 11.5. The van der Waals surface area contributed by atoms with E-state index in [0.717, 1.165) is 60.6 Å². The van der Waals surface area contributed by atoms with Crippen molar-refractivity contribution >= 4 is 16.7 Å². The fourth-order valence-electron chi connectivity index (χ4n) is 4.93. The lowest BCUT2D eigenvalue weighted by molar-refractivity contribution is 0.177. The van der Waals surface area contributed by atoms with Crippen LogP contribution in [0.1, 0.15) is 58.2 Å². The van der Waals surface area contributed by atoms with Crippen LogP contribution in [0.25, 0.3) is 10.9 Å². The van der Waals surface area contributed by atoms with Gasteiger partial charge in [-0.2, -0.15) is 0 Å². The summed E-state index contributed by atoms with van der Waals surface area (Å²) < 4.78 is 11.1. The molecule has 1 aromatic heterocycles. The molecule has 1 saturated heterocycles. The quantitative estimate of drug-likeness (QED) is 0.713. The summed E-state index contributed by atoms with van der Waals surface area (Å²) >= 11 is 0. The normalized spacial score (nSPS) is 19.0. The average Bonchev–Trinajstić information content (AvgIpc) is 3.26. The third-order valence-corrected chi connectivity index (χ3v) is 6.79. The van der Waals surface area contributed by atoms with Crippen molar-refractivity contribution in [2.45, 2.75) is 70.9 Å². The Kier molecular flexibility index (Phi) is 6.61. The Morgan fingerprint density at radius 3 is 2.30 bits per heavy atom. The van der Waals surface area contributed by atoms with Gasteiger partial charge in [0.1, 0.15) is 11.6 Å². The van der Waals surface area contributed by atoms with Gasteiger partial charge in [0.05, 0.1) is 19.7 Å². The van der Waals surface area contributed by atoms with E-state index >= 15 is 0 Å². The molecule has 2 fully saturated rings. The highest BCUT2D eigenvalue weighted by molar-refractivity contribution is 5.92. The second kappa shape index (κ2) is 9.38. The van der Waals surface area contributed by atoms with Crippen LogP contribution < -0.4 is 14.8 Å². The monoisotopic (exact) mass is 412 g/mol. The molecule has 30 heavy (non-hydrogen) atoms. The third kappa shape index (κ3) is 4.64. The van der Waals surface area contributed by atoms with Crippen molar-refractivity contribution in [1.29, 1.82) is 0 Å². The number of likely N-dealkylation sites (tertiary alicyclic amines) is 1. The Balaban J connectivity index is 1.64. The van der Waals surface area contributed by atoms with Gasteiger partial charge in [0.25, 0.3) is 0 Å². The number of benzene rings is 1. The molecule has 164 valence electrons. The highest BCUT2D eigenvalue weighted by atomic mass is 16.5. The molecule has 4 rings (SSSR count). The van der Waals surface area contributed by atoms with Crippen LogP contribution >= 0.6 is 0 Å². The number of nitrogens with one attached hydrogen (secondary N) is 1. The Morgan fingerprint density at radius 1 is 1.00 bits per heavy atom. The summed E-state index contributed by atoms with van der Waals surface area (Å²) in [6.45, 7) is 6.82. The van der Waals surface area contributed by atoms with E-state index in [2.05, 4.69) is 24.1 Å². The first-order valence-electron chi connectivity index (χ1n) is 11.5. The Labute approximate surface area is 180 Å². The Hall–Kier alpha value is -2.08. The van der Waals surface area contributed by atoms with Crippen LogP contribution in [-0.2, 0) is 6.42 Å². The molecule has 1 saturated carbocycles. The molecule has 2 aromatic rings. The number of nitrogens with zero attached hydrogens (tertiary/aromatic N) is 3. The second-order valence-corrected chi connectivity index (χ2v) is 9.12. The number of rotatable bonds is 7. The molecule has 6 nitrogen and oxygen atoms in total. The van der Waals surface area contributed by atoms with E-state index in [0.29, 0.717) is 23.8 Å². The molecular weight excluding hydrogens is 376 g/mol. The van der Waals surface area contributed by atoms with Crippen molar-refractivity contribution in [1.82, 2.24) is 14.9 Å². The molecule has 0 spiro atoms. The summed E-state index contributed by atoms with van der Waals surface area (Å²) in [7, 11) is 3.35. The summed E-state index contributed by atoms with van der Waals surface area (Å²) in [4.78, 5) is 12.5. The molecule has 0 bridgehead atoms. The maximum absolute atomic E-state index is 5.55. The van der Waals surface area contributed by atoms with E-state index in [1.165, 1.54) is 25.7 Å². The minimum atomic E-state index is 0.436. The van der Waals surface area contributed by atoms with Gasteiger partial charge in [0.2, 0.25) is 0 Å². The van der Waals surface area contributed by atoms with Gasteiger partial charge in [-0.25, -0.2) is 9.97 Å². The number of ether oxygens (including phenoxy) is 2. The van der Waals surface area contributed by atoms with Gasteiger partial charge in [0.15, 0.2) is 11.5 Å². The number of hydrogen-bond acceptors (Lipinski definition) is 6. The number of anilines is 1. The van der Waals surface area contributed by atoms with Gasteiger partial charge in [-0.15, -0.1) is 0 Å². The van der Waals surface area contributed by atoms with E-state index in [-0.39, 0.29) is 0 Å². The fraction of sp³-hybridized carbons (Fsp3) is 0.667. The first kappa shape index (κ1) is 21.2. The van der Waals surface area contributed by atoms with Gasteiger partial charge in [-0.05, 0) is 38.7 Å². The highest BCUT2D eigenvalue weighted by Crippen LogP contribution is 2.35. The number of fused-ring (bicyclic) bond motifs is 1. The highest BCUT2D eigenvalue weighted by Gasteiger charge is 2.23. The molecule has 1 aliphatic carbocycles. The molecule has 2 heterocycles. The minimum absolute atomic E-state index is 0.436. The van der Waals surface area contributed by atoms with Crippen LogP contribution in [0, 0.1) is 5.92 Å². The zero-order valence-corrected chi connectivity index (χ0v) is 18.9. The first-order chi connectivity index (χ1) is 14.6. The molecule has 2 aliphatic rings. The van der Waals surface area contributed by atoms with Gasteiger partial charge in [-0.1, -0.05) is 25.7 Å². The predicted octanol–water partition coefficient (Wildman–Crippen LogP) is 4.66. The maximum atomic E-state index is 5.55. The van der Waals surface area contributed by atoms with E-state index in [1.807, 2.05) is 12.1 Å². The van der Waals surface area contributed by atoms with Crippen LogP contribution in [0.2, 0.25) is 0 Å². The standard InChI is InChI=1S/C24H36N4O2/c1-16(2)28-11-9-18(10-12-28)25-24-19-14-21(29-3)22(30-4)15-20(19)26-23(27-24)13-17-7-5-6-8-17/h14-18H,5-13H2,1-4H3,(H,25,26,27). The van der Waals surface area contributed by atoms with E-state index in [1.54, 1.807) is 14.2 Å². The van der Waals surface area contributed by atoms with Gasteiger partial charge < -0.3 is 19.7 Å². The van der Waals surface area contributed by atoms with Crippen molar-refractivity contribution in [2.75, 3.05) is 32.6 Å². The molecule has 0 atom stereocenters. The molecule has 0 amide bonds. The summed E-state index contributed by atoms with van der Waals surface area (Å²) in [5, 5.41) is 4.77. The second-order valence-electron chi connectivity index (χ2n) is 9.12. The van der Waals surface area contributed by atoms with Crippen molar-refractivity contribution in [3.05, 3.63) is 18.0 Å². The van der Waals surface area contributed by atoms with Crippen molar-refractivity contribution < 1.29 is 9.47 Å². The smallest absolute Gasteiger partial charge is 0.162 e. The van der Waals surface area contributed by atoms with Crippen LogP contribution in [-0.4, -0.2) is 54.3 Å². The summed E-state index contributed by atoms with van der Waals surface area (Å²) in [5.74, 6) is 4.03. The fourth-order valence-corrected chi connectivity index (χ4v) is 4.93. The summed E-state index contributed by atoms with van der Waals surface area (Å²) in [5.41, 5.74) is 0.928. The molecule has 1 N–H and O–H groups in total. The van der Waals surface area contributed by atoms with Gasteiger partial charge in [0, 0.05) is 43.0 Å². The van der Waals surface area contributed by atoms with Crippen LogP contribution in [0.3, 0.4) is 0 Å². The van der Waals surface area contributed by atoms with Crippen molar-refractivity contribution in [3.63, 3.8) is 0 Å². The summed E-state index contributed by atoms with van der Waals surface area (Å²) in [6.07, 6.45) is 8.49. The van der Waals surface area contributed by atoms with Crippen molar-refractivity contribution in [3.8, 4) is 11.5 Å². The molecule has 1 aliphatic heterocycles. The Bertz CT molecular complexity index is 856. The summed E-state index contributed by atoms with van der Waals surface area (Å²) in [6, 6.07) is 5.05. The number of piperidine rings is 1. The lowest BCUT2D eigenvalue weighted by Crippen LogP contribution is -2.42. The van der Waals surface area contributed by atoms with Gasteiger partial charge in [-0.3, -0.25) is 0 Å². The van der Waals surface area contributed by atoms with E-state index in [9.17, 15) is 0 Å². The topological polar surface area (TPSA) is 59.5 Å². The number of aromatic nitrogens is 2. The van der Waals surface area contributed by atoms with Crippen LogP contribution in [0.4, 0.5) is 5.82 Å². The van der Waals surface area contributed by atoms with E-state index in [4.69, 9.17) is 19.4 Å². The lowest BCUT2D eigenvalue weighted by atomic mass is 10.0. The molecule has 6 heteroatoms. The maximum Gasteiger partial charge on any atom is 0.162 e. The number of hydrogen-bond donors (Lipinski definition) is 1. The van der Waals surface area contributed by atoms with Crippen LogP contribution in [0.5, 0.6) is 11.5 Å². The third-order valence-electron chi connectivity index (χ3n) is 6.79. The zero-order chi connectivity index (χ0) is 21.1. The van der Waals surface area contributed by atoms with E-state index < -0.39 is 0 Å². The van der Waals surface area contributed by atoms with Crippen LogP contribution in [0.15, 0.2) is 12.1 Å². The Morgan fingerprint density at radius 2 is 1.67 bits per heavy atom. The predicted molar refractivity (Wildman–Crippen MR) is 122 cm³/mol. The molecule has 0 radical (unpaired) electrons. The number of methoxy groups -OCH3 is 2. The van der Waals surface area contributed by atoms with Crippen molar-refractivity contribution in [2.24, 2.45) is 5.92 Å². The molecular formula is C24H36N4O2. The SMILES string of the molecule is COc1cc2nc(CC3CCCC3)nc(NC3CCN(C(C)C)CC3)c2cc1OC. The molecule has 0 unspecified atom stereocenters. The lowest BCUT2D eigenvalue weighted by Gasteiger charge is -2.35. The minimum Gasteiger partial charge on any atom is -0.493 e. The molecule has 1 aromatic carbocycles.